The van der Waals surface area contributed by atoms with Crippen molar-refractivity contribution < 1.29 is 14.3 Å². The van der Waals surface area contributed by atoms with Crippen LogP contribution in [0, 0.1) is 0 Å². The number of carbonyl (C=O) groups is 2. The molecule has 1 rings (SSSR count). The molecule has 6 nitrogen and oxygen atoms in total. The molecule has 0 aromatic heterocycles. The van der Waals surface area contributed by atoms with Crippen molar-refractivity contribution in [2.45, 2.75) is 45.3 Å². The van der Waals surface area contributed by atoms with Crippen molar-refractivity contribution in [3.05, 3.63) is 0 Å². The zero-order valence-corrected chi connectivity index (χ0v) is 11.4. The van der Waals surface area contributed by atoms with Crippen LogP contribution in [0.2, 0.25) is 0 Å². The highest BCUT2D eigenvalue weighted by Crippen LogP contribution is 2.20. The molecule has 1 atom stereocenters. The average molecular weight is 257 g/mol. The van der Waals surface area contributed by atoms with Gasteiger partial charge in [-0.1, -0.05) is 0 Å². The fourth-order valence-electron chi connectivity index (χ4n) is 1.91. The second kappa shape index (κ2) is 6.04. The second-order valence-corrected chi connectivity index (χ2v) is 5.48. The van der Waals surface area contributed by atoms with E-state index in [9.17, 15) is 9.59 Å². The predicted octanol–water partition coefficient (Wildman–Crippen LogP) is 0.461. The van der Waals surface area contributed by atoms with Gasteiger partial charge in [0, 0.05) is 13.1 Å². The molecule has 1 heterocycles. The van der Waals surface area contributed by atoms with Crippen LogP contribution in [0.5, 0.6) is 0 Å². The van der Waals surface area contributed by atoms with Crippen LogP contribution >= 0.6 is 0 Å². The van der Waals surface area contributed by atoms with Crippen LogP contribution < -0.4 is 11.1 Å². The molecule has 18 heavy (non-hydrogen) atoms. The summed E-state index contributed by atoms with van der Waals surface area (Å²) in [7, 11) is 0. The van der Waals surface area contributed by atoms with Gasteiger partial charge in [0.2, 0.25) is 5.91 Å². The largest absolute Gasteiger partial charge is 0.444 e. The number of rotatable bonds is 3. The molecule has 0 saturated carbocycles. The minimum absolute atomic E-state index is 0.00958. The van der Waals surface area contributed by atoms with Crippen molar-refractivity contribution in [3.63, 3.8) is 0 Å². The predicted molar refractivity (Wildman–Crippen MR) is 68.0 cm³/mol. The Morgan fingerprint density at radius 1 is 1.44 bits per heavy atom. The number of nitrogens with one attached hydrogen (secondary N) is 1. The van der Waals surface area contributed by atoms with Gasteiger partial charge in [0.25, 0.3) is 0 Å². The summed E-state index contributed by atoms with van der Waals surface area (Å²) in [5.74, 6) is -0.203. The Labute approximate surface area is 108 Å². The minimum Gasteiger partial charge on any atom is -0.444 e. The minimum atomic E-state index is -0.495. The normalized spacial score (nSPS) is 19.8. The topological polar surface area (TPSA) is 84.7 Å². The quantitative estimate of drug-likeness (QED) is 0.769. The first-order chi connectivity index (χ1) is 8.33. The van der Waals surface area contributed by atoms with E-state index in [4.69, 9.17) is 10.5 Å². The Hall–Kier alpha value is -1.30. The fourth-order valence-corrected chi connectivity index (χ4v) is 1.91. The lowest BCUT2D eigenvalue weighted by molar-refractivity contribution is -0.119. The standard InChI is InChI=1S/C12H23N3O3/c1-12(2,3)18-11(17)15-6-4-5-9(15)8-14-10(16)7-13/h9H,4-8,13H2,1-3H3,(H,14,16)/t9-/m0/s1. The van der Waals surface area contributed by atoms with E-state index in [-0.39, 0.29) is 24.6 Å². The van der Waals surface area contributed by atoms with Crippen molar-refractivity contribution in [2.75, 3.05) is 19.6 Å². The molecule has 1 aliphatic heterocycles. The third-order valence-electron chi connectivity index (χ3n) is 2.73. The van der Waals surface area contributed by atoms with E-state index in [1.165, 1.54) is 0 Å². The summed E-state index contributed by atoms with van der Waals surface area (Å²) < 4.78 is 5.33. The molecule has 0 spiro atoms. The Morgan fingerprint density at radius 3 is 2.67 bits per heavy atom. The van der Waals surface area contributed by atoms with Crippen molar-refractivity contribution in [2.24, 2.45) is 5.73 Å². The van der Waals surface area contributed by atoms with Gasteiger partial charge in [-0.2, -0.15) is 0 Å². The lowest BCUT2D eigenvalue weighted by atomic mass is 10.2. The Balaban J connectivity index is 2.49. The molecule has 2 amide bonds. The van der Waals surface area contributed by atoms with Crippen LogP contribution in [0.25, 0.3) is 0 Å². The number of amides is 2. The van der Waals surface area contributed by atoms with Crippen molar-refractivity contribution in [1.82, 2.24) is 10.2 Å². The molecule has 0 aliphatic carbocycles. The summed E-state index contributed by atoms with van der Waals surface area (Å²) in [5.41, 5.74) is 4.72. The van der Waals surface area contributed by atoms with Crippen LogP contribution in [-0.4, -0.2) is 48.2 Å². The van der Waals surface area contributed by atoms with Gasteiger partial charge in [-0.3, -0.25) is 4.79 Å². The molecule has 1 aliphatic rings. The molecular formula is C12H23N3O3. The SMILES string of the molecule is CC(C)(C)OC(=O)N1CCC[C@H]1CNC(=O)CN. The highest BCUT2D eigenvalue weighted by atomic mass is 16.6. The zero-order chi connectivity index (χ0) is 13.8. The number of carbonyl (C=O) groups excluding carboxylic acids is 2. The third-order valence-corrected chi connectivity index (χ3v) is 2.73. The molecule has 104 valence electrons. The maximum Gasteiger partial charge on any atom is 0.410 e. The number of likely N-dealkylation sites (tertiary alicyclic amines) is 1. The van der Waals surface area contributed by atoms with Gasteiger partial charge in [0.05, 0.1) is 12.6 Å². The van der Waals surface area contributed by atoms with Gasteiger partial charge in [-0.15, -0.1) is 0 Å². The van der Waals surface area contributed by atoms with E-state index in [2.05, 4.69) is 5.32 Å². The summed E-state index contributed by atoms with van der Waals surface area (Å²) in [5, 5.41) is 2.71. The average Bonchev–Trinajstić information content (AvgIpc) is 2.71. The van der Waals surface area contributed by atoms with Crippen LogP contribution in [0.3, 0.4) is 0 Å². The van der Waals surface area contributed by atoms with Crippen molar-refractivity contribution in [1.29, 1.82) is 0 Å². The monoisotopic (exact) mass is 257 g/mol. The first-order valence-corrected chi connectivity index (χ1v) is 6.30. The van der Waals surface area contributed by atoms with Gasteiger partial charge in [0.15, 0.2) is 0 Å². The molecule has 0 aromatic carbocycles. The number of ether oxygens (including phenoxy) is 1. The van der Waals surface area contributed by atoms with Crippen molar-refractivity contribution in [3.8, 4) is 0 Å². The van der Waals surface area contributed by atoms with E-state index in [0.717, 1.165) is 12.8 Å². The summed E-state index contributed by atoms with van der Waals surface area (Å²) in [4.78, 5) is 24.7. The van der Waals surface area contributed by atoms with Gasteiger partial charge in [0.1, 0.15) is 5.60 Å². The van der Waals surface area contributed by atoms with Crippen LogP contribution in [0.1, 0.15) is 33.6 Å². The van der Waals surface area contributed by atoms with Gasteiger partial charge < -0.3 is 20.7 Å². The number of hydrogen-bond donors (Lipinski definition) is 2. The smallest absolute Gasteiger partial charge is 0.410 e. The van der Waals surface area contributed by atoms with E-state index >= 15 is 0 Å². The molecular weight excluding hydrogens is 234 g/mol. The van der Waals surface area contributed by atoms with Crippen LogP contribution in [0.15, 0.2) is 0 Å². The number of nitrogens with two attached hydrogens (primary N) is 1. The van der Waals surface area contributed by atoms with Crippen molar-refractivity contribution >= 4 is 12.0 Å². The maximum absolute atomic E-state index is 12.0. The highest BCUT2D eigenvalue weighted by Gasteiger charge is 2.32. The molecule has 0 bridgehead atoms. The van der Waals surface area contributed by atoms with Gasteiger partial charge in [-0.05, 0) is 33.6 Å². The van der Waals surface area contributed by atoms with E-state index in [0.29, 0.717) is 13.1 Å². The number of hydrogen-bond acceptors (Lipinski definition) is 4. The zero-order valence-electron chi connectivity index (χ0n) is 11.4. The number of nitrogens with zero attached hydrogens (tertiary/aromatic N) is 1. The van der Waals surface area contributed by atoms with E-state index < -0.39 is 5.60 Å². The lowest BCUT2D eigenvalue weighted by Gasteiger charge is -2.28. The summed E-state index contributed by atoms with van der Waals surface area (Å²) in [6.45, 7) is 6.61. The summed E-state index contributed by atoms with van der Waals surface area (Å²) >= 11 is 0. The first kappa shape index (κ1) is 14.8. The molecule has 0 radical (unpaired) electrons. The third kappa shape index (κ3) is 4.52. The van der Waals surface area contributed by atoms with E-state index in [1.54, 1.807) is 4.90 Å². The molecule has 3 N–H and O–H groups in total. The summed E-state index contributed by atoms with van der Waals surface area (Å²) in [6, 6.07) is 0.00958. The maximum atomic E-state index is 12.0. The Bertz CT molecular complexity index is 312. The van der Waals surface area contributed by atoms with Gasteiger partial charge >= 0.3 is 6.09 Å². The molecule has 0 aromatic rings. The fraction of sp³-hybridized carbons (Fsp3) is 0.833. The Kier molecular flexibility index (Phi) is 4.95. The van der Waals surface area contributed by atoms with E-state index in [1.807, 2.05) is 20.8 Å². The highest BCUT2D eigenvalue weighted by molar-refractivity contribution is 5.77. The second-order valence-electron chi connectivity index (χ2n) is 5.48. The molecule has 1 fully saturated rings. The molecule has 1 saturated heterocycles. The lowest BCUT2D eigenvalue weighted by Crippen LogP contribution is -2.46. The summed E-state index contributed by atoms with van der Waals surface area (Å²) in [6.07, 6.45) is 1.50. The Morgan fingerprint density at radius 2 is 2.11 bits per heavy atom. The molecule has 0 unspecified atom stereocenters. The van der Waals surface area contributed by atoms with Crippen LogP contribution in [-0.2, 0) is 9.53 Å². The van der Waals surface area contributed by atoms with Gasteiger partial charge in [-0.25, -0.2) is 4.79 Å². The van der Waals surface area contributed by atoms with Crippen LogP contribution in [0.4, 0.5) is 4.79 Å². The first-order valence-electron chi connectivity index (χ1n) is 6.30. The molecule has 6 heteroatoms.